The fraction of sp³-hybridized carbons (Fsp3) is 0.227. The molecule has 5 rings (SSSR count). The van der Waals surface area contributed by atoms with Crippen LogP contribution in [-0.2, 0) is 4.79 Å². The highest BCUT2D eigenvalue weighted by molar-refractivity contribution is 6.33. The first-order valence-electron chi connectivity index (χ1n) is 10.4. The maximum absolute atomic E-state index is 14.6. The number of aliphatic hydroxyl groups excluding tert-OH is 1. The smallest absolute Gasteiger partial charge is 0.268 e. The Kier molecular flexibility index (Phi) is 6.05. The number of pyridine rings is 1. The summed E-state index contributed by atoms with van der Waals surface area (Å²) in [5, 5.41) is 19.6. The summed E-state index contributed by atoms with van der Waals surface area (Å²) < 4.78 is 20.6. The molecule has 10 nitrogen and oxygen atoms in total. The van der Waals surface area contributed by atoms with Gasteiger partial charge in [-0.2, -0.15) is 10.1 Å². The number of carbonyl (C=O) groups excluding carboxylic acids is 1. The van der Waals surface area contributed by atoms with Crippen molar-refractivity contribution >= 4 is 34.4 Å². The Morgan fingerprint density at radius 3 is 2.88 bits per heavy atom. The normalized spacial score (nSPS) is 15.1. The van der Waals surface area contributed by atoms with Gasteiger partial charge in [-0.25, -0.2) is 14.4 Å². The van der Waals surface area contributed by atoms with E-state index >= 15 is 0 Å². The maximum Gasteiger partial charge on any atom is 0.268 e. The number of aromatic amines is 1. The van der Waals surface area contributed by atoms with Gasteiger partial charge in [-0.3, -0.25) is 14.8 Å². The van der Waals surface area contributed by atoms with E-state index in [0.717, 1.165) is 0 Å². The number of anilines is 1. The summed E-state index contributed by atoms with van der Waals surface area (Å²) in [4.78, 5) is 27.8. The molecule has 3 N–H and O–H groups in total. The largest absolute Gasteiger partial charge is 0.462 e. The van der Waals surface area contributed by atoms with Gasteiger partial charge in [0.25, 0.3) is 5.91 Å². The number of halogens is 2. The Balaban J connectivity index is 1.49. The monoisotopic (exact) mass is 483 g/mol. The number of nitrogens with one attached hydrogen (secondary N) is 2. The number of carbonyl (C=O) groups is 1. The van der Waals surface area contributed by atoms with Crippen LogP contribution in [0.4, 0.5) is 10.2 Å². The number of likely N-dealkylation sites (tertiary alicyclic amines) is 1. The number of nitrogens with zero attached hydrogens (tertiary/aromatic N) is 5. The Bertz CT molecular complexity index is 1310. The maximum atomic E-state index is 14.6. The first-order chi connectivity index (χ1) is 16.5. The van der Waals surface area contributed by atoms with Crippen molar-refractivity contribution in [2.24, 2.45) is 0 Å². The predicted molar refractivity (Wildman–Crippen MR) is 122 cm³/mol. The van der Waals surface area contributed by atoms with Crippen molar-refractivity contribution in [3.63, 3.8) is 0 Å². The molecule has 12 heteroatoms. The average molecular weight is 484 g/mol. The van der Waals surface area contributed by atoms with E-state index in [1.165, 1.54) is 24.4 Å². The molecule has 1 fully saturated rings. The molecule has 1 aliphatic heterocycles. The number of benzene rings is 1. The summed E-state index contributed by atoms with van der Waals surface area (Å²) >= 11 is 6.21. The number of hydrogen-bond acceptors (Lipinski definition) is 8. The van der Waals surface area contributed by atoms with Crippen LogP contribution < -0.4 is 10.1 Å². The molecule has 34 heavy (non-hydrogen) atoms. The van der Waals surface area contributed by atoms with E-state index in [2.05, 4.69) is 30.5 Å². The molecular weight excluding hydrogens is 465 g/mol. The molecule has 0 radical (unpaired) electrons. The third-order valence-electron chi connectivity index (χ3n) is 5.29. The molecule has 4 heterocycles. The van der Waals surface area contributed by atoms with Crippen LogP contribution in [0.1, 0.15) is 0 Å². The summed E-state index contributed by atoms with van der Waals surface area (Å²) in [5.74, 6) is -0.676. The molecule has 1 aromatic carbocycles. The lowest BCUT2D eigenvalue weighted by Crippen LogP contribution is -2.55. The average Bonchev–Trinajstić information content (AvgIpc) is 3.27. The number of ether oxygens (including phenoxy) is 1. The quantitative estimate of drug-likeness (QED) is 0.365. The van der Waals surface area contributed by atoms with Gasteiger partial charge >= 0.3 is 0 Å². The van der Waals surface area contributed by atoms with Crippen molar-refractivity contribution < 1.29 is 19.0 Å². The van der Waals surface area contributed by atoms with Crippen LogP contribution in [0, 0.1) is 5.82 Å². The van der Waals surface area contributed by atoms with Crippen LogP contribution in [0.2, 0.25) is 5.02 Å². The highest BCUT2D eigenvalue weighted by atomic mass is 35.5. The molecule has 4 aromatic rings. The van der Waals surface area contributed by atoms with E-state index < -0.39 is 23.9 Å². The van der Waals surface area contributed by atoms with E-state index in [1.54, 1.807) is 24.4 Å². The van der Waals surface area contributed by atoms with Gasteiger partial charge in [0, 0.05) is 25.8 Å². The summed E-state index contributed by atoms with van der Waals surface area (Å²) in [7, 11) is 0. The molecule has 1 amide bonds. The minimum atomic E-state index is -1.02. The van der Waals surface area contributed by atoms with Gasteiger partial charge < -0.3 is 15.2 Å². The fourth-order valence-electron chi connectivity index (χ4n) is 3.60. The minimum absolute atomic E-state index is 0.00543. The fourth-order valence-corrected chi connectivity index (χ4v) is 3.85. The molecule has 1 atom stereocenters. The second-order valence-electron chi connectivity index (χ2n) is 7.76. The lowest BCUT2D eigenvalue weighted by Gasteiger charge is -2.37. The molecule has 3 aromatic heterocycles. The van der Waals surface area contributed by atoms with E-state index in [4.69, 9.17) is 16.3 Å². The lowest BCUT2D eigenvalue weighted by atomic mass is 10.1. The van der Waals surface area contributed by atoms with Crippen LogP contribution in [0.5, 0.6) is 5.88 Å². The van der Waals surface area contributed by atoms with Crippen molar-refractivity contribution in [1.29, 1.82) is 0 Å². The molecular formula is C22H19ClFN7O3. The van der Waals surface area contributed by atoms with E-state index in [-0.39, 0.29) is 28.8 Å². The first-order valence-corrected chi connectivity index (χ1v) is 10.8. The van der Waals surface area contributed by atoms with E-state index in [9.17, 15) is 14.3 Å². The number of rotatable bonds is 7. The van der Waals surface area contributed by atoms with Crippen LogP contribution in [0.25, 0.3) is 22.4 Å². The Hall–Kier alpha value is -3.67. The third-order valence-corrected chi connectivity index (χ3v) is 5.60. The van der Waals surface area contributed by atoms with E-state index in [0.29, 0.717) is 29.9 Å². The lowest BCUT2D eigenvalue weighted by molar-refractivity contribution is -0.125. The van der Waals surface area contributed by atoms with Gasteiger partial charge in [-0.1, -0.05) is 23.7 Å². The number of amides is 1. The number of fused-ring (bicyclic) bond motifs is 1. The second-order valence-corrected chi connectivity index (χ2v) is 8.17. The minimum Gasteiger partial charge on any atom is -0.462 e. The highest BCUT2D eigenvalue weighted by Gasteiger charge is 2.32. The highest BCUT2D eigenvalue weighted by Crippen LogP contribution is 2.32. The van der Waals surface area contributed by atoms with Crippen molar-refractivity contribution in [2.75, 3.05) is 25.0 Å². The first kappa shape index (κ1) is 22.1. The molecule has 0 unspecified atom stereocenters. The van der Waals surface area contributed by atoms with Crippen molar-refractivity contribution in [3.8, 4) is 17.3 Å². The Morgan fingerprint density at radius 1 is 1.29 bits per heavy atom. The van der Waals surface area contributed by atoms with Gasteiger partial charge in [0.1, 0.15) is 17.0 Å². The summed E-state index contributed by atoms with van der Waals surface area (Å²) in [5.41, 5.74) is 0.299. The van der Waals surface area contributed by atoms with Crippen LogP contribution in [0.3, 0.4) is 0 Å². The topological polar surface area (TPSA) is 129 Å². The summed E-state index contributed by atoms with van der Waals surface area (Å²) in [6, 6.07) is 9.39. The Morgan fingerprint density at radius 2 is 2.15 bits per heavy atom. The number of H-pyrrole nitrogens is 1. The van der Waals surface area contributed by atoms with E-state index in [1.807, 2.05) is 4.90 Å². The van der Waals surface area contributed by atoms with Gasteiger partial charge in [0.05, 0.1) is 22.9 Å². The predicted octanol–water partition coefficient (Wildman–Crippen LogP) is 2.27. The zero-order valence-electron chi connectivity index (χ0n) is 17.7. The molecule has 174 valence electrons. The second kappa shape index (κ2) is 9.29. The molecule has 0 bridgehead atoms. The van der Waals surface area contributed by atoms with Crippen LogP contribution >= 0.6 is 11.6 Å². The number of aliphatic hydroxyl groups is 1. The summed E-state index contributed by atoms with van der Waals surface area (Å²) in [6.45, 7) is 1.02. The van der Waals surface area contributed by atoms with Gasteiger partial charge in [-0.15, -0.1) is 0 Å². The molecule has 0 spiro atoms. The van der Waals surface area contributed by atoms with Crippen LogP contribution in [-0.4, -0.2) is 72.9 Å². The molecule has 1 aliphatic rings. The standard InChI is InChI=1S/C22H19ClFN7O3/c23-14-4-3-5-15(24)18(14)20-28-19-13(8-26-30-19)22(29-20)34-16(11-31-9-12(32)10-31)21(33)27-17-6-1-2-7-25-17/h1-8,12,16,32H,9-11H2,(H,25,27,33)(H,26,28,29,30)/t16-/m0/s1. The van der Waals surface area contributed by atoms with Crippen LogP contribution in [0.15, 0.2) is 48.8 Å². The van der Waals surface area contributed by atoms with Gasteiger partial charge in [-0.05, 0) is 24.3 Å². The SMILES string of the molecule is O=C(Nc1ccccn1)[C@H](CN1CC(O)C1)Oc1nc(-c2c(F)cccc2Cl)nc2[nH]ncc12. The molecule has 0 saturated carbocycles. The third kappa shape index (κ3) is 4.53. The van der Waals surface area contributed by atoms with Crippen molar-refractivity contribution in [1.82, 2.24) is 30.0 Å². The number of aromatic nitrogens is 5. The summed E-state index contributed by atoms with van der Waals surface area (Å²) in [6.07, 6.45) is 1.54. The number of hydrogen-bond donors (Lipinski definition) is 3. The zero-order valence-corrected chi connectivity index (χ0v) is 18.4. The zero-order chi connectivity index (χ0) is 23.7. The van der Waals surface area contributed by atoms with Crippen molar-refractivity contribution in [3.05, 3.63) is 59.6 Å². The van der Waals surface area contributed by atoms with Gasteiger partial charge in [0.2, 0.25) is 5.88 Å². The number of β-amino-alcohol motifs (C(OH)–C–C–N with tert-alkyl or cyclic N) is 1. The molecule has 1 saturated heterocycles. The van der Waals surface area contributed by atoms with Crippen molar-refractivity contribution in [2.45, 2.75) is 12.2 Å². The Labute approximate surface area is 197 Å². The molecule has 0 aliphatic carbocycles. The van der Waals surface area contributed by atoms with Gasteiger partial charge in [0.15, 0.2) is 17.6 Å².